The van der Waals surface area contributed by atoms with Crippen LogP contribution in [0.3, 0.4) is 0 Å². The first-order valence-corrected chi connectivity index (χ1v) is 6.65. The van der Waals surface area contributed by atoms with Gasteiger partial charge in [0.05, 0.1) is 0 Å². The molecule has 0 heterocycles. The summed E-state index contributed by atoms with van der Waals surface area (Å²) in [5.41, 5.74) is 0.864. The zero-order chi connectivity index (χ0) is 12.8. The van der Waals surface area contributed by atoms with Crippen LogP contribution in [0, 0.1) is 6.92 Å². The third-order valence-corrected chi connectivity index (χ3v) is 4.37. The minimum atomic E-state index is -1.89. The lowest BCUT2D eigenvalue weighted by Crippen LogP contribution is -2.36. The Hall–Kier alpha value is -1.43. The van der Waals surface area contributed by atoms with E-state index in [4.69, 9.17) is 13.6 Å². The Bertz CT molecular complexity index is 413. The molecule has 0 bridgehead atoms. The second-order valence-electron chi connectivity index (χ2n) is 3.40. The van der Waals surface area contributed by atoms with E-state index in [9.17, 15) is 4.79 Å². The normalized spacial score (nSPS) is 10.4. The van der Waals surface area contributed by atoms with Crippen molar-refractivity contribution in [2.75, 3.05) is 14.2 Å². The quantitative estimate of drug-likeness (QED) is 0.337. The molecule has 0 aromatic heterocycles. The molecule has 0 saturated carbocycles. The van der Waals surface area contributed by atoms with Gasteiger partial charge in [0, 0.05) is 20.3 Å². The Morgan fingerprint density at radius 1 is 1.35 bits per heavy atom. The summed E-state index contributed by atoms with van der Waals surface area (Å²) in [5.74, 6) is 0.0392. The maximum absolute atomic E-state index is 11.2. The van der Waals surface area contributed by atoms with E-state index in [0.717, 1.165) is 16.8 Å². The van der Waals surface area contributed by atoms with Gasteiger partial charge in [-0.05, 0) is 23.7 Å². The Morgan fingerprint density at radius 3 is 2.53 bits per heavy atom. The first kappa shape index (κ1) is 13.6. The number of esters is 1. The minimum Gasteiger partial charge on any atom is -0.423 e. The molecule has 0 N–H and O–H groups in total. The minimum absolute atomic E-state index is 0.474. The zero-order valence-electron chi connectivity index (χ0n) is 10.2. The fourth-order valence-corrected chi connectivity index (χ4v) is 2.96. The summed E-state index contributed by atoms with van der Waals surface area (Å²) in [6.07, 6.45) is 1.13. The van der Waals surface area contributed by atoms with Crippen molar-refractivity contribution in [1.29, 1.82) is 0 Å². The third kappa shape index (κ3) is 3.26. The number of hydrogen-bond donors (Lipinski definition) is 0. The molecule has 0 saturated heterocycles. The predicted octanol–water partition coefficient (Wildman–Crippen LogP) is 0.807. The van der Waals surface area contributed by atoms with Crippen LogP contribution in [0.25, 0.3) is 0 Å². The molecule has 0 atom stereocenters. The lowest BCUT2D eigenvalue weighted by atomic mass is 10.2. The van der Waals surface area contributed by atoms with E-state index < -0.39 is 15.3 Å². The van der Waals surface area contributed by atoms with Crippen LogP contribution in [0.2, 0.25) is 0 Å². The van der Waals surface area contributed by atoms with E-state index in [2.05, 4.69) is 6.58 Å². The van der Waals surface area contributed by atoms with Crippen molar-refractivity contribution in [3.8, 4) is 5.75 Å². The molecule has 0 aliphatic rings. The van der Waals surface area contributed by atoms with Gasteiger partial charge in [0.15, 0.2) is 0 Å². The van der Waals surface area contributed by atoms with Gasteiger partial charge in [0.25, 0.3) is 0 Å². The molecule has 0 amide bonds. The lowest BCUT2D eigenvalue weighted by Gasteiger charge is -2.15. The van der Waals surface area contributed by atoms with Gasteiger partial charge in [0.2, 0.25) is 0 Å². The van der Waals surface area contributed by atoms with Gasteiger partial charge in [-0.25, -0.2) is 4.79 Å². The highest BCUT2D eigenvalue weighted by Gasteiger charge is 2.18. The molecular weight excluding hydrogens is 236 g/mol. The van der Waals surface area contributed by atoms with E-state index in [1.165, 1.54) is 0 Å². The van der Waals surface area contributed by atoms with E-state index in [-0.39, 0.29) is 0 Å². The monoisotopic (exact) mass is 252 g/mol. The van der Waals surface area contributed by atoms with Gasteiger partial charge >= 0.3 is 15.3 Å². The van der Waals surface area contributed by atoms with Crippen LogP contribution in [0.5, 0.6) is 5.75 Å². The first-order valence-electron chi connectivity index (χ1n) is 5.13. The molecule has 0 unspecified atom stereocenters. The summed E-state index contributed by atoms with van der Waals surface area (Å²) in [6.45, 7) is 5.24. The van der Waals surface area contributed by atoms with Gasteiger partial charge in [-0.15, -0.1) is 0 Å². The summed E-state index contributed by atoms with van der Waals surface area (Å²) in [7, 11) is 1.34. The van der Waals surface area contributed by atoms with Gasteiger partial charge < -0.3 is 13.6 Å². The predicted molar refractivity (Wildman–Crippen MR) is 67.8 cm³/mol. The highest BCUT2D eigenvalue weighted by molar-refractivity contribution is 6.61. The Kier molecular flexibility index (Phi) is 5.08. The van der Waals surface area contributed by atoms with E-state index in [0.29, 0.717) is 5.75 Å². The second-order valence-corrected chi connectivity index (χ2v) is 5.63. The van der Waals surface area contributed by atoms with E-state index in [1.54, 1.807) is 20.3 Å². The van der Waals surface area contributed by atoms with Crippen LogP contribution in [0.15, 0.2) is 30.9 Å². The largest absolute Gasteiger partial charge is 0.423 e. The van der Waals surface area contributed by atoms with Gasteiger partial charge in [0.1, 0.15) is 5.75 Å². The fourth-order valence-electron chi connectivity index (χ4n) is 1.50. The summed E-state index contributed by atoms with van der Waals surface area (Å²) in [5, 5.41) is 0.962. The highest BCUT2D eigenvalue weighted by Crippen LogP contribution is 2.16. The standard InChI is InChI=1S/C12H16O4Si/c1-5-12(13)16-10-7-6-8-11(9(10)2)17(14-3)15-4/h5-8,17H,1H2,2-4H3. The molecule has 1 rings (SSSR count). The molecule has 0 radical (unpaired) electrons. The average molecular weight is 252 g/mol. The number of rotatable bonds is 5. The summed E-state index contributed by atoms with van der Waals surface area (Å²) in [4.78, 5) is 11.2. The number of carbonyl (C=O) groups is 1. The van der Waals surface area contributed by atoms with Gasteiger partial charge in [-0.1, -0.05) is 18.7 Å². The Morgan fingerprint density at radius 2 is 2.00 bits per heavy atom. The molecule has 5 heteroatoms. The van der Waals surface area contributed by atoms with E-state index >= 15 is 0 Å². The van der Waals surface area contributed by atoms with Crippen LogP contribution in [-0.4, -0.2) is 29.5 Å². The summed E-state index contributed by atoms with van der Waals surface area (Å²) < 4.78 is 15.7. The molecule has 17 heavy (non-hydrogen) atoms. The van der Waals surface area contributed by atoms with Crippen molar-refractivity contribution in [2.45, 2.75) is 6.92 Å². The number of ether oxygens (including phenoxy) is 1. The SMILES string of the molecule is C=CC(=O)Oc1cccc([SiH](OC)OC)c1C. The van der Waals surface area contributed by atoms with Crippen molar-refractivity contribution in [3.63, 3.8) is 0 Å². The lowest BCUT2D eigenvalue weighted by molar-refractivity contribution is -0.129. The van der Waals surface area contributed by atoms with Crippen molar-refractivity contribution in [1.82, 2.24) is 0 Å². The second kappa shape index (κ2) is 6.34. The van der Waals surface area contributed by atoms with Gasteiger partial charge in [-0.3, -0.25) is 0 Å². The molecule has 1 aromatic rings. The van der Waals surface area contributed by atoms with Crippen LogP contribution < -0.4 is 9.92 Å². The van der Waals surface area contributed by atoms with Crippen molar-refractivity contribution < 1.29 is 18.4 Å². The molecule has 0 spiro atoms. The number of carbonyl (C=O) groups excluding carboxylic acids is 1. The first-order chi connectivity index (χ1) is 8.13. The summed E-state index contributed by atoms with van der Waals surface area (Å²) >= 11 is 0. The molecule has 4 nitrogen and oxygen atoms in total. The molecule has 1 aromatic carbocycles. The van der Waals surface area contributed by atoms with E-state index in [1.807, 2.05) is 19.1 Å². The van der Waals surface area contributed by atoms with Crippen LogP contribution >= 0.6 is 0 Å². The third-order valence-electron chi connectivity index (χ3n) is 2.39. The highest BCUT2D eigenvalue weighted by atomic mass is 28.3. The number of benzene rings is 1. The molecule has 0 aliphatic carbocycles. The Balaban J connectivity index is 3.06. The zero-order valence-corrected chi connectivity index (χ0v) is 11.4. The maximum atomic E-state index is 11.2. The molecular formula is C12H16O4Si. The maximum Gasteiger partial charge on any atom is 0.355 e. The van der Waals surface area contributed by atoms with Gasteiger partial charge in [-0.2, -0.15) is 0 Å². The fraction of sp³-hybridized carbons (Fsp3) is 0.250. The van der Waals surface area contributed by atoms with Crippen molar-refractivity contribution in [3.05, 3.63) is 36.4 Å². The van der Waals surface area contributed by atoms with Crippen molar-refractivity contribution >= 4 is 20.4 Å². The number of hydrogen-bond acceptors (Lipinski definition) is 4. The molecule has 0 fully saturated rings. The summed E-state index contributed by atoms with van der Waals surface area (Å²) in [6, 6.07) is 5.47. The van der Waals surface area contributed by atoms with Crippen LogP contribution in [0.1, 0.15) is 5.56 Å². The van der Waals surface area contributed by atoms with Crippen molar-refractivity contribution in [2.24, 2.45) is 0 Å². The molecule has 92 valence electrons. The average Bonchev–Trinajstić information content (AvgIpc) is 2.35. The topological polar surface area (TPSA) is 44.8 Å². The van der Waals surface area contributed by atoms with Crippen LogP contribution in [0.4, 0.5) is 0 Å². The molecule has 0 aliphatic heterocycles. The smallest absolute Gasteiger partial charge is 0.355 e. The Labute approximate surface area is 103 Å². The van der Waals surface area contributed by atoms with Crippen LogP contribution in [-0.2, 0) is 13.6 Å².